The van der Waals surface area contributed by atoms with Gasteiger partial charge in [0, 0.05) is 22.4 Å². The molecular formula is C24H27ClN2O3S. The molecule has 1 N–H and O–H groups in total. The van der Waals surface area contributed by atoms with Crippen molar-refractivity contribution in [1.82, 2.24) is 4.98 Å². The molecule has 2 aromatic carbocycles. The number of carbonyl (C=O) groups excluding carboxylic acids is 1. The molecule has 1 aromatic heterocycles. The number of amides is 1. The minimum atomic E-state index is -0.0711. The molecule has 0 saturated carbocycles. The number of thiazole rings is 1. The Hall–Kier alpha value is -2.57. The van der Waals surface area contributed by atoms with Gasteiger partial charge in [-0.15, -0.1) is 11.3 Å². The molecule has 7 heteroatoms. The zero-order valence-corrected chi connectivity index (χ0v) is 19.4. The van der Waals surface area contributed by atoms with E-state index in [0.717, 1.165) is 41.2 Å². The predicted molar refractivity (Wildman–Crippen MR) is 128 cm³/mol. The highest BCUT2D eigenvalue weighted by Gasteiger charge is 2.11. The maximum absolute atomic E-state index is 12.4. The molecule has 3 rings (SSSR count). The van der Waals surface area contributed by atoms with Crippen molar-refractivity contribution in [3.8, 4) is 22.8 Å². The van der Waals surface area contributed by atoms with Crippen LogP contribution < -0.4 is 14.8 Å². The molecule has 164 valence electrons. The van der Waals surface area contributed by atoms with Crippen LogP contribution >= 0.6 is 22.9 Å². The van der Waals surface area contributed by atoms with Gasteiger partial charge in [0.25, 0.3) is 0 Å². The van der Waals surface area contributed by atoms with Gasteiger partial charge in [0.1, 0.15) is 0 Å². The lowest BCUT2D eigenvalue weighted by Crippen LogP contribution is -2.12. The van der Waals surface area contributed by atoms with Gasteiger partial charge in [-0.25, -0.2) is 4.98 Å². The average Bonchev–Trinajstić information content (AvgIpc) is 3.23. The summed E-state index contributed by atoms with van der Waals surface area (Å²) in [6.07, 6.45) is 3.05. The molecule has 0 spiro atoms. The third-order valence-corrected chi connectivity index (χ3v) is 5.60. The van der Waals surface area contributed by atoms with Crippen LogP contribution in [0.3, 0.4) is 0 Å². The fraction of sp³-hybridized carbons (Fsp3) is 0.333. The van der Waals surface area contributed by atoms with Gasteiger partial charge >= 0.3 is 0 Å². The Kier molecular flexibility index (Phi) is 8.74. The number of ether oxygens (including phenoxy) is 2. The van der Waals surface area contributed by atoms with E-state index in [1.54, 1.807) is 0 Å². The summed E-state index contributed by atoms with van der Waals surface area (Å²) in [6.45, 7) is 5.31. The average molecular weight is 459 g/mol. The number of rotatable bonds is 11. The Morgan fingerprint density at radius 1 is 1.10 bits per heavy atom. The van der Waals surface area contributed by atoms with Crippen LogP contribution in [-0.2, 0) is 11.2 Å². The number of halogens is 1. The summed E-state index contributed by atoms with van der Waals surface area (Å²) < 4.78 is 11.5. The highest BCUT2D eigenvalue weighted by Crippen LogP contribution is 2.30. The van der Waals surface area contributed by atoms with Gasteiger partial charge < -0.3 is 14.8 Å². The van der Waals surface area contributed by atoms with Gasteiger partial charge in [0.15, 0.2) is 16.6 Å². The first-order valence-electron chi connectivity index (χ1n) is 10.5. The maximum Gasteiger partial charge on any atom is 0.226 e. The molecule has 0 unspecified atom stereocenters. The van der Waals surface area contributed by atoms with E-state index in [0.29, 0.717) is 36.2 Å². The smallest absolute Gasteiger partial charge is 0.226 e. The summed E-state index contributed by atoms with van der Waals surface area (Å²) in [6, 6.07) is 13.3. The summed E-state index contributed by atoms with van der Waals surface area (Å²) >= 11 is 7.34. The zero-order valence-electron chi connectivity index (χ0n) is 17.8. The number of nitrogens with zero attached hydrogens (tertiary/aromatic N) is 1. The number of unbranched alkanes of at least 4 members (excludes halogenated alkanes) is 1. The number of aryl methyl sites for hydroxylation is 1. The van der Waals surface area contributed by atoms with Crippen LogP contribution in [0.25, 0.3) is 11.3 Å². The van der Waals surface area contributed by atoms with Crippen molar-refractivity contribution < 1.29 is 14.3 Å². The van der Waals surface area contributed by atoms with Crippen molar-refractivity contribution in [2.24, 2.45) is 0 Å². The van der Waals surface area contributed by atoms with E-state index < -0.39 is 0 Å². The highest BCUT2D eigenvalue weighted by molar-refractivity contribution is 7.14. The number of carbonyl (C=O) groups is 1. The quantitative estimate of drug-likeness (QED) is 0.328. The van der Waals surface area contributed by atoms with Crippen LogP contribution in [0.4, 0.5) is 5.13 Å². The third kappa shape index (κ3) is 6.97. The summed E-state index contributed by atoms with van der Waals surface area (Å²) in [5, 5.41) is 6.08. The molecule has 0 saturated heterocycles. The van der Waals surface area contributed by atoms with E-state index >= 15 is 0 Å². The molecule has 3 aromatic rings. The van der Waals surface area contributed by atoms with Crippen LogP contribution in [0.1, 0.15) is 38.7 Å². The molecule has 0 aliphatic carbocycles. The van der Waals surface area contributed by atoms with Crippen molar-refractivity contribution >= 4 is 34.0 Å². The molecule has 5 nitrogen and oxygen atoms in total. The SMILES string of the molecule is CCCCOc1ccc(CCC(=O)Nc2nc(-c3ccc(Cl)cc3)cs2)cc1OCC. The van der Waals surface area contributed by atoms with Gasteiger partial charge in [-0.2, -0.15) is 0 Å². The van der Waals surface area contributed by atoms with Gasteiger partial charge in [0.2, 0.25) is 5.91 Å². The number of benzene rings is 2. The fourth-order valence-electron chi connectivity index (χ4n) is 2.95. The molecule has 0 fully saturated rings. The highest BCUT2D eigenvalue weighted by atomic mass is 35.5. The van der Waals surface area contributed by atoms with Crippen LogP contribution in [0.15, 0.2) is 47.8 Å². The van der Waals surface area contributed by atoms with Crippen molar-refractivity contribution in [1.29, 1.82) is 0 Å². The molecule has 31 heavy (non-hydrogen) atoms. The first-order chi connectivity index (χ1) is 15.1. The monoisotopic (exact) mass is 458 g/mol. The first kappa shape index (κ1) is 23.1. The molecule has 0 atom stereocenters. The van der Waals surface area contributed by atoms with Gasteiger partial charge in [0.05, 0.1) is 18.9 Å². The summed E-state index contributed by atoms with van der Waals surface area (Å²) in [5.74, 6) is 1.41. The van der Waals surface area contributed by atoms with Crippen LogP contribution in [0.2, 0.25) is 5.02 Å². The number of nitrogens with one attached hydrogen (secondary N) is 1. The zero-order chi connectivity index (χ0) is 22.1. The van der Waals surface area contributed by atoms with Gasteiger partial charge in [-0.3, -0.25) is 4.79 Å². The number of aromatic nitrogens is 1. The van der Waals surface area contributed by atoms with Crippen molar-refractivity contribution in [3.63, 3.8) is 0 Å². The predicted octanol–water partition coefficient (Wildman–Crippen LogP) is 6.61. The lowest BCUT2D eigenvalue weighted by atomic mass is 10.1. The standard InChI is InChI=1S/C24H27ClN2O3S/c1-3-5-14-30-21-12-6-17(15-22(21)29-4-2)7-13-23(28)27-24-26-20(16-31-24)18-8-10-19(25)11-9-18/h6,8-12,15-16H,3-5,7,13-14H2,1-2H3,(H,26,27,28). The van der Waals surface area contributed by atoms with E-state index in [1.165, 1.54) is 11.3 Å². The van der Waals surface area contributed by atoms with Crippen molar-refractivity contribution in [3.05, 3.63) is 58.4 Å². The normalized spacial score (nSPS) is 10.7. The molecule has 0 bridgehead atoms. The second kappa shape index (κ2) is 11.7. The molecule has 0 radical (unpaired) electrons. The number of hydrogen-bond acceptors (Lipinski definition) is 5. The van der Waals surface area contributed by atoms with Gasteiger partial charge in [-0.1, -0.05) is 43.1 Å². The Balaban J connectivity index is 1.55. The Bertz CT molecular complexity index is 989. The lowest BCUT2D eigenvalue weighted by Gasteiger charge is -2.13. The van der Waals surface area contributed by atoms with Gasteiger partial charge in [-0.05, 0) is 49.6 Å². The molecular weight excluding hydrogens is 432 g/mol. The summed E-state index contributed by atoms with van der Waals surface area (Å²) in [7, 11) is 0. The third-order valence-electron chi connectivity index (χ3n) is 4.59. The van der Waals surface area contributed by atoms with E-state index in [9.17, 15) is 4.79 Å². The van der Waals surface area contributed by atoms with Crippen LogP contribution in [0.5, 0.6) is 11.5 Å². The summed E-state index contributed by atoms with van der Waals surface area (Å²) in [4.78, 5) is 16.9. The fourth-order valence-corrected chi connectivity index (χ4v) is 3.81. The Morgan fingerprint density at radius 3 is 2.65 bits per heavy atom. The second-order valence-electron chi connectivity index (χ2n) is 7.01. The molecule has 0 aliphatic heterocycles. The minimum Gasteiger partial charge on any atom is -0.490 e. The Morgan fingerprint density at radius 2 is 1.90 bits per heavy atom. The summed E-state index contributed by atoms with van der Waals surface area (Å²) in [5.41, 5.74) is 2.81. The second-order valence-corrected chi connectivity index (χ2v) is 8.30. The van der Waals surface area contributed by atoms with Crippen molar-refractivity contribution in [2.45, 2.75) is 39.5 Å². The van der Waals surface area contributed by atoms with E-state index in [-0.39, 0.29) is 5.91 Å². The van der Waals surface area contributed by atoms with E-state index in [1.807, 2.05) is 54.8 Å². The molecule has 1 amide bonds. The topological polar surface area (TPSA) is 60.5 Å². The Labute approximate surface area is 192 Å². The van der Waals surface area contributed by atoms with E-state index in [2.05, 4.69) is 17.2 Å². The first-order valence-corrected chi connectivity index (χ1v) is 11.7. The van der Waals surface area contributed by atoms with Crippen molar-refractivity contribution in [2.75, 3.05) is 18.5 Å². The lowest BCUT2D eigenvalue weighted by molar-refractivity contribution is -0.116. The maximum atomic E-state index is 12.4. The van der Waals surface area contributed by atoms with Crippen LogP contribution in [-0.4, -0.2) is 24.1 Å². The largest absolute Gasteiger partial charge is 0.490 e. The molecule has 0 aliphatic rings. The number of anilines is 1. The number of hydrogen-bond donors (Lipinski definition) is 1. The molecule has 1 heterocycles. The van der Waals surface area contributed by atoms with E-state index in [4.69, 9.17) is 21.1 Å². The minimum absolute atomic E-state index is 0.0711. The van der Waals surface area contributed by atoms with Crippen LogP contribution in [0, 0.1) is 0 Å².